The first kappa shape index (κ1) is 21.4. The molecular weight excluding hydrogens is 425 g/mol. The van der Waals surface area contributed by atoms with E-state index in [1.807, 2.05) is 0 Å². The number of benzene rings is 2. The van der Waals surface area contributed by atoms with Crippen molar-refractivity contribution in [2.75, 3.05) is 11.9 Å². The van der Waals surface area contributed by atoms with Gasteiger partial charge in [-0.3, -0.25) is 14.9 Å². The van der Waals surface area contributed by atoms with Gasteiger partial charge < -0.3 is 10.1 Å². The van der Waals surface area contributed by atoms with E-state index in [2.05, 4.69) is 20.8 Å². The molecule has 1 aromatic heterocycles. The van der Waals surface area contributed by atoms with Gasteiger partial charge in [0.25, 0.3) is 11.6 Å². The van der Waals surface area contributed by atoms with Crippen molar-refractivity contribution in [1.82, 2.24) is 20.2 Å². The molecule has 0 aliphatic carbocycles. The molecule has 1 amide bonds. The summed E-state index contributed by atoms with van der Waals surface area (Å²) in [5.41, 5.74) is -2.00. The van der Waals surface area contributed by atoms with E-state index in [1.54, 1.807) is 0 Å². The number of carbonyl (C=O) groups is 2. The standard InChI is InChI=1S/C17H11F3N6O5/c18-17(19,20)11-3-6-13(14(7-11)26(29)30)22-15(27)8-31-16(28)10-1-4-12(5-2-10)25-9-21-23-24-25/h1-7,9H,8H2,(H,22,27). The fourth-order valence-electron chi connectivity index (χ4n) is 2.40. The Morgan fingerprint density at radius 1 is 1.16 bits per heavy atom. The molecule has 1 N–H and O–H groups in total. The predicted octanol–water partition coefficient (Wildman–Crippen LogP) is 2.38. The normalized spacial score (nSPS) is 11.1. The molecule has 1 heterocycles. The Morgan fingerprint density at radius 3 is 2.45 bits per heavy atom. The highest BCUT2D eigenvalue weighted by molar-refractivity contribution is 5.96. The summed E-state index contributed by atoms with van der Waals surface area (Å²) in [5, 5.41) is 23.7. The molecule has 3 aromatic rings. The van der Waals surface area contributed by atoms with Gasteiger partial charge in [0.15, 0.2) is 6.61 Å². The quantitative estimate of drug-likeness (QED) is 0.353. The number of nitrogens with one attached hydrogen (secondary N) is 1. The number of tetrazole rings is 1. The monoisotopic (exact) mass is 436 g/mol. The number of nitrogens with zero attached hydrogens (tertiary/aromatic N) is 5. The maximum atomic E-state index is 12.7. The molecule has 160 valence electrons. The number of hydrogen-bond donors (Lipinski definition) is 1. The molecule has 14 heteroatoms. The summed E-state index contributed by atoms with van der Waals surface area (Å²) in [7, 11) is 0. The zero-order valence-electron chi connectivity index (χ0n) is 15.2. The largest absolute Gasteiger partial charge is 0.452 e. The van der Waals surface area contributed by atoms with Crippen molar-refractivity contribution < 1.29 is 32.4 Å². The Labute approximate surface area is 170 Å². The van der Waals surface area contributed by atoms with Crippen molar-refractivity contribution in [3.63, 3.8) is 0 Å². The molecule has 0 saturated carbocycles. The van der Waals surface area contributed by atoms with Gasteiger partial charge in [0.05, 0.1) is 21.7 Å². The Morgan fingerprint density at radius 2 is 1.87 bits per heavy atom. The zero-order chi connectivity index (χ0) is 22.6. The fraction of sp³-hybridized carbons (Fsp3) is 0.118. The number of nitro groups is 1. The molecule has 0 atom stereocenters. The topological polar surface area (TPSA) is 142 Å². The summed E-state index contributed by atoms with van der Waals surface area (Å²) in [5.74, 6) is -1.83. The number of nitro benzene ring substituents is 1. The Balaban J connectivity index is 1.62. The number of carbonyl (C=O) groups excluding carboxylic acids is 2. The summed E-state index contributed by atoms with van der Waals surface area (Å²) in [6.45, 7) is -0.814. The number of rotatable bonds is 6. The van der Waals surface area contributed by atoms with Gasteiger partial charge in [0, 0.05) is 6.07 Å². The first-order chi connectivity index (χ1) is 14.6. The van der Waals surface area contributed by atoms with Gasteiger partial charge in [0.1, 0.15) is 12.0 Å². The van der Waals surface area contributed by atoms with Crippen LogP contribution in [0.4, 0.5) is 24.5 Å². The van der Waals surface area contributed by atoms with E-state index in [0.29, 0.717) is 17.8 Å². The minimum Gasteiger partial charge on any atom is -0.452 e. The first-order valence-electron chi connectivity index (χ1n) is 8.31. The van der Waals surface area contributed by atoms with Gasteiger partial charge in [0.2, 0.25) is 0 Å². The number of amides is 1. The second-order valence-electron chi connectivity index (χ2n) is 5.91. The van der Waals surface area contributed by atoms with Crippen LogP contribution >= 0.6 is 0 Å². The lowest BCUT2D eigenvalue weighted by atomic mass is 10.1. The number of alkyl halides is 3. The second kappa shape index (κ2) is 8.56. The molecule has 0 aliphatic rings. The van der Waals surface area contributed by atoms with Crippen LogP contribution in [0.5, 0.6) is 0 Å². The second-order valence-corrected chi connectivity index (χ2v) is 5.91. The van der Waals surface area contributed by atoms with E-state index >= 15 is 0 Å². The van der Waals surface area contributed by atoms with Crippen molar-refractivity contribution in [2.24, 2.45) is 0 Å². The smallest absolute Gasteiger partial charge is 0.416 e. The maximum Gasteiger partial charge on any atom is 0.416 e. The highest BCUT2D eigenvalue weighted by Crippen LogP contribution is 2.34. The summed E-state index contributed by atoms with van der Waals surface area (Å²) in [4.78, 5) is 34.0. The molecule has 0 aliphatic heterocycles. The van der Waals surface area contributed by atoms with Crippen LogP contribution in [-0.4, -0.2) is 43.6 Å². The lowest BCUT2D eigenvalue weighted by molar-refractivity contribution is -0.384. The summed E-state index contributed by atoms with van der Waals surface area (Å²) in [6.07, 6.45) is -3.44. The van der Waals surface area contributed by atoms with Gasteiger partial charge in [-0.2, -0.15) is 13.2 Å². The van der Waals surface area contributed by atoms with Crippen LogP contribution in [0.1, 0.15) is 15.9 Å². The average Bonchev–Trinajstić information content (AvgIpc) is 3.26. The SMILES string of the molecule is O=C(COC(=O)c1ccc(-n2cnnn2)cc1)Nc1ccc(C(F)(F)F)cc1[N+](=O)[O-]. The maximum absolute atomic E-state index is 12.7. The summed E-state index contributed by atoms with van der Waals surface area (Å²) >= 11 is 0. The van der Waals surface area contributed by atoms with Crippen LogP contribution < -0.4 is 5.32 Å². The Kier molecular flexibility index (Phi) is 5.90. The minimum atomic E-state index is -4.79. The molecule has 0 radical (unpaired) electrons. The van der Waals surface area contributed by atoms with Crippen LogP contribution in [0.3, 0.4) is 0 Å². The molecule has 0 saturated heterocycles. The third kappa shape index (κ3) is 5.17. The minimum absolute atomic E-state index is 0.102. The summed E-state index contributed by atoms with van der Waals surface area (Å²) < 4.78 is 44.3. The lowest BCUT2D eigenvalue weighted by Gasteiger charge is -2.10. The first-order valence-corrected chi connectivity index (χ1v) is 8.31. The van der Waals surface area contributed by atoms with Crippen molar-refractivity contribution in [3.05, 3.63) is 70.0 Å². The van der Waals surface area contributed by atoms with E-state index < -0.39 is 46.5 Å². The third-order valence-electron chi connectivity index (χ3n) is 3.85. The molecule has 2 aromatic carbocycles. The van der Waals surface area contributed by atoms with Crippen molar-refractivity contribution >= 4 is 23.3 Å². The number of esters is 1. The van der Waals surface area contributed by atoms with Gasteiger partial charge in [-0.1, -0.05) is 0 Å². The van der Waals surface area contributed by atoms with Crippen molar-refractivity contribution in [2.45, 2.75) is 6.18 Å². The molecule has 0 bridgehead atoms. The lowest BCUT2D eigenvalue weighted by Crippen LogP contribution is -2.21. The van der Waals surface area contributed by atoms with Crippen molar-refractivity contribution in [3.8, 4) is 5.69 Å². The van der Waals surface area contributed by atoms with Crippen LogP contribution in [0, 0.1) is 10.1 Å². The van der Waals surface area contributed by atoms with E-state index in [0.717, 1.165) is 6.07 Å². The third-order valence-corrected chi connectivity index (χ3v) is 3.85. The number of ether oxygens (including phenoxy) is 1. The van der Waals surface area contributed by atoms with Crippen LogP contribution in [0.15, 0.2) is 48.8 Å². The number of anilines is 1. The van der Waals surface area contributed by atoms with E-state index in [4.69, 9.17) is 4.74 Å². The van der Waals surface area contributed by atoms with E-state index in [-0.39, 0.29) is 5.56 Å². The Hall–Kier alpha value is -4.36. The highest BCUT2D eigenvalue weighted by Gasteiger charge is 2.33. The molecular formula is C17H11F3N6O5. The number of hydrogen-bond acceptors (Lipinski definition) is 8. The Bertz CT molecular complexity index is 1120. The number of aromatic nitrogens is 4. The van der Waals surface area contributed by atoms with Crippen LogP contribution in [0.2, 0.25) is 0 Å². The molecule has 31 heavy (non-hydrogen) atoms. The molecule has 0 unspecified atom stereocenters. The van der Waals surface area contributed by atoms with E-state index in [9.17, 15) is 32.9 Å². The van der Waals surface area contributed by atoms with Gasteiger partial charge in [-0.05, 0) is 46.8 Å². The zero-order valence-corrected chi connectivity index (χ0v) is 15.2. The van der Waals surface area contributed by atoms with Crippen LogP contribution in [-0.2, 0) is 15.7 Å². The fourth-order valence-corrected chi connectivity index (χ4v) is 2.40. The number of halogens is 3. The highest BCUT2D eigenvalue weighted by atomic mass is 19.4. The van der Waals surface area contributed by atoms with Gasteiger partial charge in [-0.15, -0.1) is 5.10 Å². The molecule has 0 fully saturated rings. The predicted molar refractivity (Wildman–Crippen MR) is 96.2 cm³/mol. The van der Waals surface area contributed by atoms with E-state index in [1.165, 1.54) is 35.3 Å². The average molecular weight is 436 g/mol. The molecule has 0 spiro atoms. The summed E-state index contributed by atoms with van der Waals surface area (Å²) in [6, 6.07) is 7.49. The van der Waals surface area contributed by atoms with Crippen LogP contribution in [0.25, 0.3) is 5.69 Å². The molecule has 3 rings (SSSR count). The van der Waals surface area contributed by atoms with Gasteiger partial charge in [-0.25, -0.2) is 9.48 Å². The molecule has 11 nitrogen and oxygen atoms in total. The van der Waals surface area contributed by atoms with Gasteiger partial charge >= 0.3 is 12.1 Å². The van der Waals surface area contributed by atoms with Crippen molar-refractivity contribution in [1.29, 1.82) is 0 Å².